The number of fused-ring (bicyclic) bond motifs is 1. The molecule has 0 saturated carbocycles. The molecule has 0 fully saturated rings. The molecule has 1 nitrogen and oxygen atoms in total. The summed E-state index contributed by atoms with van der Waals surface area (Å²) in [5, 5.41) is 0. The quantitative estimate of drug-likeness (QED) is 0.602. The largest absolute Gasteiger partial charge is 0.399 e. The molecule has 0 spiro atoms. The highest BCUT2D eigenvalue weighted by Gasteiger charge is 2.15. The second-order valence-corrected chi connectivity index (χ2v) is 5.88. The predicted molar refractivity (Wildman–Crippen MR) is 86.2 cm³/mol. The SMILES string of the molecule is Nc1ccc2c(c1)CC/C2=C/c1ccc(I)cc1. The molecule has 0 heterocycles. The summed E-state index contributed by atoms with van der Waals surface area (Å²) in [5.41, 5.74) is 12.1. The molecule has 2 aromatic carbocycles. The Hall–Kier alpha value is -1.29. The lowest BCUT2D eigenvalue weighted by atomic mass is 10.0. The summed E-state index contributed by atoms with van der Waals surface area (Å²) in [5.74, 6) is 0. The van der Waals surface area contributed by atoms with Gasteiger partial charge in [-0.1, -0.05) is 24.3 Å². The Kier molecular flexibility index (Phi) is 3.12. The highest BCUT2D eigenvalue weighted by atomic mass is 127. The summed E-state index contributed by atoms with van der Waals surface area (Å²) in [6, 6.07) is 14.9. The first-order chi connectivity index (χ1) is 8.72. The molecule has 2 N–H and O–H groups in total. The van der Waals surface area contributed by atoms with E-state index in [1.54, 1.807) is 0 Å². The van der Waals surface area contributed by atoms with Gasteiger partial charge in [-0.15, -0.1) is 0 Å². The summed E-state index contributed by atoms with van der Waals surface area (Å²) < 4.78 is 1.27. The maximum absolute atomic E-state index is 5.83. The summed E-state index contributed by atoms with van der Waals surface area (Å²) in [4.78, 5) is 0. The lowest BCUT2D eigenvalue weighted by Gasteiger charge is -2.03. The third kappa shape index (κ3) is 2.29. The molecule has 1 aliphatic rings. The van der Waals surface area contributed by atoms with Crippen molar-refractivity contribution in [3.8, 4) is 0 Å². The number of hydrogen-bond acceptors (Lipinski definition) is 1. The van der Waals surface area contributed by atoms with Crippen molar-refractivity contribution in [1.82, 2.24) is 0 Å². The molecule has 0 amide bonds. The summed E-state index contributed by atoms with van der Waals surface area (Å²) in [6.45, 7) is 0. The van der Waals surface area contributed by atoms with Crippen molar-refractivity contribution >= 4 is 39.9 Å². The Morgan fingerprint density at radius 1 is 1.00 bits per heavy atom. The van der Waals surface area contributed by atoms with E-state index >= 15 is 0 Å². The second kappa shape index (κ2) is 4.76. The number of nitrogen functional groups attached to an aromatic ring is 1. The van der Waals surface area contributed by atoms with E-state index in [0.717, 1.165) is 18.5 Å². The molecular formula is C16H14IN. The number of anilines is 1. The highest BCUT2D eigenvalue weighted by Crippen LogP contribution is 2.34. The fourth-order valence-corrected chi connectivity index (χ4v) is 2.81. The molecular weight excluding hydrogens is 333 g/mol. The van der Waals surface area contributed by atoms with Crippen molar-refractivity contribution in [2.45, 2.75) is 12.8 Å². The lowest BCUT2D eigenvalue weighted by Crippen LogP contribution is -1.87. The molecule has 0 atom stereocenters. The van der Waals surface area contributed by atoms with Gasteiger partial charge in [-0.3, -0.25) is 0 Å². The van der Waals surface area contributed by atoms with Crippen LogP contribution in [0.15, 0.2) is 42.5 Å². The summed E-state index contributed by atoms with van der Waals surface area (Å²) >= 11 is 2.33. The molecule has 0 saturated heterocycles. The Morgan fingerprint density at radius 3 is 2.56 bits per heavy atom. The zero-order valence-corrected chi connectivity index (χ0v) is 12.1. The van der Waals surface area contributed by atoms with Gasteiger partial charge in [0.25, 0.3) is 0 Å². The van der Waals surface area contributed by atoms with Gasteiger partial charge in [0.1, 0.15) is 0 Å². The van der Waals surface area contributed by atoms with E-state index in [0.29, 0.717) is 0 Å². The smallest absolute Gasteiger partial charge is 0.0317 e. The van der Waals surface area contributed by atoms with E-state index in [1.807, 2.05) is 6.07 Å². The minimum atomic E-state index is 0.865. The standard InChI is InChI=1S/C16H14IN/c17-14-5-1-11(2-6-14)9-12-3-4-13-10-15(18)7-8-16(12)13/h1-2,5-10H,3-4,18H2/b12-9-. The molecule has 0 radical (unpaired) electrons. The van der Waals surface area contributed by atoms with Crippen molar-refractivity contribution in [2.75, 3.05) is 5.73 Å². The van der Waals surface area contributed by atoms with E-state index in [9.17, 15) is 0 Å². The Balaban J connectivity index is 1.98. The van der Waals surface area contributed by atoms with Crippen LogP contribution in [0.2, 0.25) is 0 Å². The Morgan fingerprint density at radius 2 is 1.78 bits per heavy atom. The first-order valence-corrected chi connectivity index (χ1v) is 7.15. The topological polar surface area (TPSA) is 26.0 Å². The zero-order chi connectivity index (χ0) is 12.5. The number of aryl methyl sites for hydroxylation is 1. The number of halogens is 1. The first-order valence-electron chi connectivity index (χ1n) is 6.07. The average molecular weight is 347 g/mol. The van der Waals surface area contributed by atoms with E-state index in [2.05, 4.69) is 65.1 Å². The van der Waals surface area contributed by atoms with Gasteiger partial charge in [0.15, 0.2) is 0 Å². The van der Waals surface area contributed by atoms with Crippen LogP contribution in [-0.2, 0) is 6.42 Å². The molecule has 0 unspecified atom stereocenters. The van der Waals surface area contributed by atoms with Crippen LogP contribution in [0, 0.1) is 3.57 Å². The van der Waals surface area contributed by atoms with E-state index in [4.69, 9.17) is 5.73 Å². The van der Waals surface area contributed by atoms with Crippen molar-refractivity contribution in [2.24, 2.45) is 0 Å². The van der Waals surface area contributed by atoms with E-state index in [1.165, 1.54) is 25.8 Å². The molecule has 3 rings (SSSR count). The van der Waals surface area contributed by atoms with Gasteiger partial charge in [-0.2, -0.15) is 0 Å². The number of benzene rings is 2. The van der Waals surface area contributed by atoms with Crippen LogP contribution >= 0.6 is 22.6 Å². The maximum atomic E-state index is 5.83. The molecule has 90 valence electrons. The van der Waals surface area contributed by atoms with Crippen molar-refractivity contribution in [3.05, 3.63) is 62.7 Å². The highest BCUT2D eigenvalue weighted by molar-refractivity contribution is 14.1. The van der Waals surface area contributed by atoms with Crippen LogP contribution in [0.1, 0.15) is 23.1 Å². The molecule has 2 aromatic rings. The third-order valence-corrected chi connectivity index (χ3v) is 4.07. The third-order valence-electron chi connectivity index (χ3n) is 3.35. The molecule has 2 heteroatoms. The number of hydrogen-bond donors (Lipinski definition) is 1. The molecule has 0 bridgehead atoms. The molecule has 18 heavy (non-hydrogen) atoms. The van der Waals surface area contributed by atoms with Gasteiger partial charge in [0, 0.05) is 9.26 Å². The fourth-order valence-electron chi connectivity index (χ4n) is 2.45. The van der Waals surface area contributed by atoms with Crippen molar-refractivity contribution < 1.29 is 0 Å². The average Bonchev–Trinajstić information content (AvgIpc) is 2.74. The Bertz CT molecular complexity index is 611. The number of rotatable bonds is 1. The molecule has 1 aliphatic carbocycles. The van der Waals surface area contributed by atoms with Crippen LogP contribution in [-0.4, -0.2) is 0 Å². The molecule has 0 aromatic heterocycles. The minimum Gasteiger partial charge on any atom is -0.399 e. The molecule has 0 aliphatic heterocycles. The van der Waals surface area contributed by atoms with Gasteiger partial charge in [-0.05, 0) is 82.0 Å². The number of allylic oxidation sites excluding steroid dienone is 1. The van der Waals surface area contributed by atoms with Gasteiger partial charge in [-0.25, -0.2) is 0 Å². The van der Waals surface area contributed by atoms with Gasteiger partial charge >= 0.3 is 0 Å². The van der Waals surface area contributed by atoms with Crippen LogP contribution in [0.3, 0.4) is 0 Å². The number of nitrogens with two attached hydrogens (primary N) is 1. The normalized spacial score (nSPS) is 15.9. The van der Waals surface area contributed by atoms with Gasteiger partial charge in [0.2, 0.25) is 0 Å². The minimum absolute atomic E-state index is 0.865. The van der Waals surface area contributed by atoms with E-state index < -0.39 is 0 Å². The van der Waals surface area contributed by atoms with Crippen LogP contribution in [0.4, 0.5) is 5.69 Å². The zero-order valence-electron chi connectivity index (χ0n) is 9.99. The van der Waals surface area contributed by atoms with Crippen LogP contribution in [0.5, 0.6) is 0 Å². The maximum Gasteiger partial charge on any atom is 0.0317 e. The van der Waals surface area contributed by atoms with Crippen molar-refractivity contribution in [1.29, 1.82) is 0 Å². The Labute approximate surface area is 121 Å². The lowest BCUT2D eigenvalue weighted by molar-refractivity contribution is 1.08. The predicted octanol–water partition coefficient (Wildman–Crippen LogP) is 4.36. The van der Waals surface area contributed by atoms with Crippen LogP contribution in [0.25, 0.3) is 11.6 Å². The second-order valence-electron chi connectivity index (χ2n) is 4.64. The summed E-state index contributed by atoms with van der Waals surface area (Å²) in [6.07, 6.45) is 4.51. The van der Waals surface area contributed by atoms with Crippen LogP contribution < -0.4 is 5.73 Å². The first kappa shape index (κ1) is 11.8. The fraction of sp³-hybridized carbons (Fsp3) is 0.125. The van der Waals surface area contributed by atoms with Gasteiger partial charge in [0.05, 0.1) is 0 Å². The van der Waals surface area contributed by atoms with Gasteiger partial charge < -0.3 is 5.73 Å². The van der Waals surface area contributed by atoms with Crippen molar-refractivity contribution in [3.63, 3.8) is 0 Å². The summed E-state index contributed by atoms with van der Waals surface area (Å²) in [7, 11) is 0. The van der Waals surface area contributed by atoms with E-state index in [-0.39, 0.29) is 0 Å². The monoisotopic (exact) mass is 347 g/mol.